The Morgan fingerprint density at radius 1 is 1.00 bits per heavy atom. The van der Waals surface area contributed by atoms with Crippen molar-refractivity contribution in [1.29, 1.82) is 0 Å². The van der Waals surface area contributed by atoms with Crippen molar-refractivity contribution in [2.24, 2.45) is 0 Å². The van der Waals surface area contributed by atoms with Crippen LogP contribution in [0.4, 0.5) is 4.79 Å². The monoisotopic (exact) mass is 600 g/mol. The van der Waals surface area contributed by atoms with E-state index in [0.29, 0.717) is 42.5 Å². The predicted octanol–water partition coefficient (Wildman–Crippen LogP) is 2.28. The van der Waals surface area contributed by atoms with E-state index < -0.39 is 41.5 Å². The lowest BCUT2D eigenvalue weighted by molar-refractivity contribution is -0.163. The zero-order valence-corrected chi connectivity index (χ0v) is 24.2. The van der Waals surface area contributed by atoms with Crippen LogP contribution in [0.15, 0.2) is 24.3 Å². The predicted molar refractivity (Wildman–Crippen MR) is 151 cm³/mol. The van der Waals surface area contributed by atoms with E-state index in [2.05, 4.69) is 10.3 Å². The van der Waals surface area contributed by atoms with Gasteiger partial charge in [-0.3, -0.25) is 14.4 Å². The fourth-order valence-electron chi connectivity index (χ4n) is 5.00. The van der Waals surface area contributed by atoms with Gasteiger partial charge in [-0.05, 0) is 57.7 Å². The second kappa shape index (κ2) is 13.6. The maximum Gasteiger partial charge on any atom is 0.409 e. The third-order valence-electron chi connectivity index (χ3n) is 7.51. The number of rotatable bonds is 12. The molecule has 1 unspecified atom stereocenters. The minimum atomic E-state index is -1.44. The number of piperazine rings is 1. The first-order valence-electron chi connectivity index (χ1n) is 14.3. The van der Waals surface area contributed by atoms with Crippen molar-refractivity contribution in [2.75, 3.05) is 39.4 Å². The minimum Gasteiger partial charge on any atom is -0.494 e. The molecule has 1 aliphatic heterocycles. The molecule has 0 spiro atoms. The van der Waals surface area contributed by atoms with Crippen LogP contribution in [0, 0.1) is 0 Å². The highest BCUT2D eigenvalue weighted by molar-refractivity contribution is 6.00. The van der Waals surface area contributed by atoms with Gasteiger partial charge in [-0.1, -0.05) is 0 Å². The summed E-state index contributed by atoms with van der Waals surface area (Å²) in [6.45, 7) is 4.97. The van der Waals surface area contributed by atoms with Gasteiger partial charge in [0, 0.05) is 44.1 Å². The zero-order valence-electron chi connectivity index (χ0n) is 24.2. The molecule has 0 radical (unpaired) electrons. The van der Waals surface area contributed by atoms with Gasteiger partial charge in [0.25, 0.3) is 5.91 Å². The number of nitrogens with one attached hydrogen (secondary N) is 1. The first kappa shape index (κ1) is 31.3. The van der Waals surface area contributed by atoms with Crippen LogP contribution in [0.2, 0.25) is 0 Å². The maximum absolute atomic E-state index is 13.5. The highest BCUT2D eigenvalue weighted by Crippen LogP contribution is 2.40. The average Bonchev–Trinajstić information content (AvgIpc) is 2.96. The first-order valence-corrected chi connectivity index (χ1v) is 14.3. The summed E-state index contributed by atoms with van der Waals surface area (Å²) < 4.78 is 16.6. The molecular weight excluding hydrogens is 564 g/mol. The molecule has 3 amide bonds. The van der Waals surface area contributed by atoms with E-state index in [9.17, 15) is 34.2 Å². The molecular formula is C29H36N4O10. The summed E-state index contributed by atoms with van der Waals surface area (Å²) in [6.07, 6.45) is 0.247. The molecule has 14 heteroatoms. The Bertz CT molecular complexity index is 1380. The number of aliphatic carboxylic acids is 2. The minimum absolute atomic E-state index is 0.127. The average molecular weight is 601 g/mol. The smallest absolute Gasteiger partial charge is 0.409 e. The quantitative estimate of drug-likeness (QED) is 0.325. The van der Waals surface area contributed by atoms with Gasteiger partial charge in [0.15, 0.2) is 0 Å². The van der Waals surface area contributed by atoms with Gasteiger partial charge in [-0.2, -0.15) is 0 Å². The summed E-state index contributed by atoms with van der Waals surface area (Å²) in [5.41, 5.74) is -1.23. The molecule has 232 valence electrons. The Hall–Kier alpha value is -4.62. The third kappa shape index (κ3) is 7.24. The number of fused-ring (bicyclic) bond motifs is 1. The SMILES string of the molecule is CCOC(=O)N1CCN(C(=O)C(CCC(=O)O)NC(=O)c2cc(OC3(C(=O)O)CCC3)c3cc(OCC)ccc3n2)CC1. The molecule has 2 aliphatic rings. The van der Waals surface area contributed by atoms with Crippen molar-refractivity contribution in [2.45, 2.75) is 57.6 Å². The van der Waals surface area contributed by atoms with Crippen LogP contribution in [-0.2, 0) is 19.1 Å². The number of carboxylic acids is 2. The topological polar surface area (TPSA) is 185 Å². The Morgan fingerprint density at radius 3 is 2.28 bits per heavy atom. The van der Waals surface area contributed by atoms with E-state index >= 15 is 0 Å². The molecule has 0 bridgehead atoms. The van der Waals surface area contributed by atoms with E-state index in [1.54, 1.807) is 25.1 Å². The lowest BCUT2D eigenvalue weighted by Crippen LogP contribution is -2.56. The van der Waals surface area contributed by atoms with Gasteiger partial charge >= 0.3 is 18.0 Å². The molecule has 4 rings (SSSR count). The molecule has 1 saturated heterocycles. The van der Waals surface area contributed by atoms with E-state index in [4.69, 9.17) is 14.2 Å². The molecule has 1 aromatic heterocycles. The second-order valence-corrected chi connectivity index (χ2v) is 10.3. The standard InChI is InChI=1S/C29H36N4O10/c1-3-41-18-6-7-20-19(16-18)23(43-29(27(38)39)10-5-11-29)17-22(30-20)25(36)31-21(8-9-24(34)35)26(37)32-12-14-33(15-13-32)28(40)42-4-2/h6-7,16-17,21H,3-5,8-15H2,1-2H3,(H,31,36)(H,34,35)(H,38,39). The summed E-state index contributed by atoms with van der Waals surface area (Å²) in [5, 5.41) is 22.2. The highest BCUT2D eigenvalue weighted by atomic mass is 16.6. The zero-order chi connectivity index (χ0) is 31.1. The molecule has 3 N–H and O–H groups in total. The van der Waals surface area contributed by atoms with Crippen molar-refractivity contribution in [3.8, 4) is 11.5 Å². The number of ether oxygens (including phenoxy) is 3. The second-order valence-electron chi connectivity index (χ2n) is 10.3. The fraction of sp³-hybridized carbons (Fsp3) is 0.517. The van der Waals surface area contributed by atoms with Crippen molar-refractivity contribution in [3.05, 3.63) is 30.0 Å². The third-order valence-corrected chi connectivity index (χ3v) is 7.51. The summed E-state index contributed by atoms with van der Waals surface area (Å²) in [4.78, 5) is 69.7. The number of benzene rings is 1. The lowest BCUT2D eigenvalue weighted by atomic mass is 9.80. The van der Waals surface area contributed by atoms with Crippen LogP contribution >= 0.6 is 0 Å². The number of pyridine rings is 1. The van der Waals surface area contributed by atoms with Crippen molar-refractivity contribution in [3.63, 3.8) is 0 Å². The number of hydrogen-bond donors (Lipinski definition) is 3. The number of amides is 3. The number of nitrogens with zero attached hydrogens (tertiary/aromatic N) is 3. The molecule has 1 saturated carbocycles. The van der Waals surface area contributed by atoms with Gasteiger partial charge in [-0.25, -0.2) is 14.6 Å². The first-order chi connectivity index (χ1) is 20.6. The number of carboxylic acid groups (broad SMARTS) is 2. The lowest BCUT2D eigenvalue weighted by Gasteiger charge is -2.38. The van der Waals surface area contributed by atoms with Crippen molar-refractivity contribution in [1.82, 2.24) is 20.1 Å². The largest absolute Gasteiger partial charge is 0.494 e. The van der Waals surface area contributed by atoms with Gasteiger partial charge < -0.3 is 39.5 Å². The number of carbonyl (C=O) groups is 5. The molecule has 2 heterocycles. The number of aromatic nitrogens is 1. The molecule has 2 aromatic rings. The summed E-state index contributed by atoms with van der Waals surface area (Å²) in [5.74, 6) is -2.86. The molecule has 1 aromatic carbocycles. The number of carbonyl (C=O) groups excluding carboxylic acids is 3. The molecule has 1 aliphatic carbocycles. The Kier molecular flexibility index (Phi) is 9.88. The summed E-state index contributed by atoms with van der Waals surface area (Å²) in [6, 6.07) is 5.08. The number of hydrogen-bond acceptors (Lipinski definition) is 9. The Balaban J connectivity index is 1.59. The van der Waals surface area contributed by atoms with Crippen LogP contribution in [0.3, 0.4) is 0 Å². The highest BCUT2D eigenvalue weighted by Gasteiger charge is 2.47. The van der Waals surface area contributed by atoms with Gasteiger partial charge in [-0.15, -0.1) is 0 Å². The van der Waals surface area contributed by atoms with Crippen LogP contribution < -0.4 is 14.8 Å². The van der Waals surface area contributed by atoms with Crippen LogP contribution in [0.25, 0.3) is 10.9 Å². The summed E-state index contributed by atoms with van der Waals surface area (Å²) in [7, 11) is 0. The fourth-order valence-corrected chi connectivity index (χ4v) is 5.00. The Morgan fingerprint density at radius 2 is 1.70 bits per heavy atom. The van der Waals surface area contributed by atoms with Crippen LogP contribution in [-0.4, -0.2) is 106 Å². The van der Waals surface area contributed by atoms with Crippen molar-refractivity contribution >= 4 is 40.7 Å². The van der Waals surface area contributed by atoms with E-state index in [-0.39, 0.29) is 57.1 Å². The van der Waals surface area contributed by atoms with Crippen LogP contribution in [0.5, 0.6) is 11.5 Å². The normalized spacial score (nSPS) is 16.5. The molecule has 43 heavy (non-hydrogen) atoms. The van der Waals surface area contributed by atoms with E-state index in [1.165, 1.54) is 15.9 Å². The maximum atomic E-state index is 13.5. The van der Waals surface area contributed by atoms with Crippen molar-refractivity contribution < 1.29 is 48.4 Å². The van der Waals surface area contributed by atoms with Gasteiger partial charge in [0.2, 0.25) is 11.5 Å². The summed E-state index contributed by atoms with van der Waals surface area (Å²) >= 11 is 0. The molecule has 1 atom stereocenters. The molecule has 2 fully saturated rings. The van der Waals surface area contributed by atoms with Gasteiger partial charge in [0.05, 0.1) is 18.7 Å². The molecule has 14 nitrogen and oxygen atoms in total. The van der Waals surface area contributed by atoms with E-state index in [1.807, 2.05) is 6.92 Å². The Labute approximate surface area is 247 Å². The van der Waals surface area contributed by atoms with E-state index in [0.717, 1.165) is 0 Å². The van der Waals surface area contributed by atoms with Crippen LogP contribution in [0.1, 0.15) is 56.4 Å². The van der Waals surface area contributed by atoms with Gasteiger partial charge in [0.1, 0.15) is 23.2 Å².